The van der Waals surface area contributed by atoms with Crippen molar-refractivity contribution < 1.29 is 0 Å². The van der Waals surface area contributed by atoms with Crippen LogP contribution in [0.2, 0.25) is 0 Å². The Kier molecular flexibility index (Phi) is 1.31. The average molecular weight is 127 g/mol. The van der Waals surface area contributed by atoms with Crippen molar-refractivity contribution >= 4 is 17.3 Å². The molecule has 4 heteroatoms. The summed E-state index contributed by atoms with van der Waals surface area (Å²) in [5.74, 6) is 0. The molecule has 0 aromatic carbocycles. The van der Waals surface area contributed by atoms with Gasteiger partial charge in [-0.15, -0.1) is 0 Å². The molecule has 1 saturated heterocycles. The molecular formula is C4H5N3S. The Hall–Kier alpha value is -0.820. The van der Waals surface area contributed by atoms with E-state index in [9.17, 15) is 0 Å². The number of rotatable bonds is 0. The molecule has 0 atom stereocenters. The summed E-state index contributed by atoms with van der Waals surface area (Å²) in [6.45, 7) is 1.52. The maximum Gasteiger partial charge on any atom is 0.186 e. The zero-order chi connectivity index (χ0) is 5.98. The van der Waals surface area contributed by atoms with E-state index < -0.39 is 0 Å². The van der Waals surface area contributed by atoms with Crippen LogP contribution in [-0.2, 0) is 0 Å². The molecule has 0 aromatic rings. The van der Waals surface area contributed by atoms with Gasteiger partial charge in [-0.25, -0.2) is 0 Å². The van der Waals surface area contributed by atoms with Crippen LogP contribution in [0.3, 0.4) is 0 Å². The van der Waals surface area contributed by atoms with Crippen LogP contribution >= 0.6 is 12.2 Å². The van der Waals surface area contributed by atoms with Gasteiger partial charge in [0.25, 0.3) is 0 Å². The molecule has 1 fully saturated rings. The summed E-state index contributed by atoms with van der Waals surface area (Å²) in [4.78, 5) is 1.45. The van der Waals surface area contributed by atoms with Crippen molar-refractivity contribution in [1.29, 1.82) is 5.26 Å². The van der Waals surface area contributed by atoms with Crippen LogP contribution in [0.5, 0.6) is 0 Å². The lowest BCUT2D eigenvalue weighted by Gasteiger charge is -2.00. The molecule has 1 rings (SSSR count). The molecule has 1 N–H and O–H groups in total. The monoisotopic (exact) mass is 127 g/mol. The summed E-state index contributed by atoms with van der Waals surface area (Å²) in [6, 6.07) is 0. The first-order valence-corrected chi connectivity index (χ1v) is 2.70. The van der Waals surface area contributed by atoms with E-state index in [4.69, 9.17) is 17.5 Å². The number of hydrogen-bond donors (Lipinski definition) is 1. The summed E-state index contributed by atoms with van der Waals surface area (Å²) in [7, 11) is 0. The Bertz CT molecular complexity index is 148. The molecule has 0 aromatic heterocycles. The molecule has 1 aliphatic rings. The van der Waals surface area contributed by atoms with Crippen LogP contribution < -0.4 is 5.32 Å². The number of nitrogens with zero attached hydrogens (tertiary/aromatic N) is 2. The van der Waals surface area contributed by atoms with Crippen molar-refractivity contribution in [3.63, 3.8) is 0 Å². The minimum atomic E-state index is 0.549. The molecule has 3 nitrogen and oxygen atoms in total. The summed E-state index contributed by atoms with van der Waals surface area (Å²) in [5.41, 5.74) is 0. The highest BCUT2D eigenvalue weighted by Crippen LogP contribution is 1.92. The van der Waals surface area contributed by atoms with Crippen molar-refractivity contribution in [2.75, 3.05) is 13.1 Å². The highest BCUT2D eigenvalue weighted by atomic mass is 32.1. The molecule has 0 bridgehead atoms. The van der Waals surface area contributed by atoms with Crippen molar-refractivity contribution in [3.05, 3.63) is 0 Å². The summed E-state index contributed by atoms with van der Waals surface area (Å²) in [5, 5.41) is 11.7. The lowest BCUT2D eigenvalue weighted by molar-refractivity contribution is 0.648. The number of hydrogen-bond acceptors (Lipinski definition) is 2. The standard InChI is InChI=1S/C4H5N3S/c5-3-7-2-1-6-4(7)8/h1-2H2,(H,6,8). The third kappa shape index (κ3) is 0.724. The zero-order valence-corrected chi connectivity index (χ0v) is 5.03. The second-order valence-electron chi connectivity index (χ2n) is 1.48. The SMILES string of the molecule is N#CN1CCNC1=S. The van der Waals surface area contributed by atoms with E-state index >= 15 is 0 Å². The molecular weight excluding hydrogens is 122 g/mol. The van der Waals surface area contributed by atoms with Gasteiger partial charge in [-0.05, 0) is 12.2 Å². The molecule has 1 aliphatic heterocycles. The van der Waals surface area contributed by atoms with Crippen molar-refractivity contribution in [2.45, 2.75) is 0 Å². The van der Waals surface area contributed by atoms with Gasteiger partial charge < -0.3 is 5.32 Å². The van der Waals surface area contributed by atoms with Crippen molar-refractivity contribution in [1.82, 2.24) is 10.2 Å². The molecule has 8 heavy (non-hydrogen) atoms. The van der Waals surface area contributed by atoms with Gasteiger partial charge in [0.2, 0.25) is 0 Å². The van der Waals surface area contributed by atoms with Gasteiger partial charge in [-0.1, -0.05) is 0 Å². The van der Waals surface area contributed by atoms with E-state index in [0.717, 1.165) is 13.1 Å². The van der Waals surface area contributed by atoms with E-state index in [0.29, 0.717) is 5.11 Å². The topological polar surface area (TPSA) is 39.1 Å². The Morgan fingerprint density at radius 2 is 2.62 bits per heavy atom. The quantitative estimate of drug-likeness (QED) is 0.357. The van der Waals surface area contributed by atoms with Gasteiger partial charge in [-0.3, -0.25) is 4.90 Å². The first kappa shape index (κ1) is 5.32. The highest BCUT2D eigenvalue weighted by Gasteiger charge is 2.13. The van der Waals surface area contributed by atoms with Crippen LogP contribution in [0.4, 0.5) is 0 Å². The molecule has 0 radical (unpaired) electrons. The molecule has 0 saturated carbocycles. The number of thiocarbonyl (C=S) groups is 1. The normalized spacial score (nSPS) is 17.9. The van der Waals surface area contributed by atoms with Crippen LogP contribution in [0, 0.1) is 11.5 Å². The van der Waals surface area contributed by atoms with Gasteiger partial charge in [0.1, 0.15) is 0 Å². The predicted molar refractivity (Wildman–Crippen MR) is 32.9 cm³/mol. The Balaban J connectivity index is 2.58. The molecule has 0 amide bonds. The Labute approximate surface area is 52.9 Å². The smallest absolute Gasteiger partial charge is 0.186 e. The lowest BCUT2D eigenvalue weighted by Crippen LogP contribution is -2.22. The fourth-order valence-electron chi connectivity index (χ4n) is 0.567. The number of nitriles is 1. The molecule has 1 heterocycles. The number of nitrogens with one attached hydrogen (secondary N) is 1. The van der Waals surface area contributed by atoms with Crippen LogP contribution in [0.1, 0.15) is 0 Å². The summed E-state index contributed by atoms with van der Waals surface area (Å²) < 4.78 is 0. The second kappa shape index (κ2) is 1.97. The maximum absolute atomic E-state index is 8.28. The van der Waals surface area contributed by atoms with Crippen molar-refractivity contribution in [3.8, 4) is 6.19 Å². The van der Waals surface area contributed by atoms with E-state index in [2.05, 4.69) is 5.32 Å². The van der Waals surface area contributed by atoms with Gasteiger partial charge in [0.05, 0.1) is 6.54 Å². The fourth-order valence-corrected chi connectivity index (χ4v) is 0.801. The summed E-state index contributed by atoms with van der Waals surface area (Å²) >= 11 is 4.73. The van der Waals surface area contributed by atoms with E-state index in [1.807, 2.05) is 6.19 Å². The predicted octanol–water partition coefficient (Wildman–Crippen LogP) is -0.342. The first-order chi connectivity index (χ1) is 3.84. The molecule has 0 spiro atoms. The Morgan fingerprint density at radius 1 is 1.88 bits per heavy atom. The van der Waals surface area contributed by atoms with E-state index in [1.165, 1.54) is 4.90 Å². The fraction of sp³-hybridized carbons (Fsp3) is 0.500. The van der Waals surface area contributed by atoms with Gasteiger partial charge in [0.15, 0.2) is 11.3 Å². The molecule has 0 unspecified atom stereocenters. The van der Waals surface area contributed by atoms with Crippen molar-refractivity contribution in [2.24, 2.45) is 0 Å². The van der Waals surface area contributed by atoms with E-state index in [1.54, 1.807) is 0 Å². The van der Waals surface area contributed by atoms with Crippen LogP contribution in [0.25, 0.3) is 0 Å². The van der Waals surface area contributed by atoms with Crippen LogP contribution in [0.15, 0.2) is 0 Å². The van der Waals surface area contributed by atoms with Gasteiger partial charge >= 0.3 is 0 Å². The van der Waals surface area contributed by atoms with Gasteiger partial charge in [-0.2, -0.15) is 5.26 Å². The minimum Gasteiger partial charge on any atom is -0.360 e. The molecule has 0 aliphatic carbocycles. The second-order valence-corrected chi connectivity index (χ2v) is 1.87. The third-order valence-corrected chi connectivity index (χ3v) is 1.34. The maximum atomic E-state index is 8.28. The van der Waals surface area contributed by atoms with Gasteiger partial charge in [0, 0.05) is 6.54 Å². The Morgan fingerprint density at radius 3 is 2.88 bits per heavy atom. The minimum absolute atomic E-state index is 0.549. The highest BCUT2D eigenvalue weighted by molar-refractivity contribution is 7.80. The third-order valence-electron chi connectivity index (χ3n) is 0.977. The largest absolute Gasteiger partial charge is 0.360 e. The lowest BCUT2D eigenvalue weighted by atomic mass is 10.7. The average Bonchev–Trinajstić information content (AvgIpc) is 2.14. The zero-order valence-electron chi connectivity index (χ0n) is 4.22. The first-order valence-electron chi connectivity index (χ1n) is 2.29. The molecule has 42 valence electrons. The van der Waals surface area contributed by atoms with E-state index in [-0.39, 0.29) is 0 Å². The summed E-state index contributed by atoms with van der Waals surface area (Å²) in [6.07, 6.45) is 1.94. The van der Waals surface area contributed by atoms with Crippen LogP contribution in [-0.4, -0.2) is 23.1 Å².